The van der Waals surface area contributed by atoms with Crippen molar-refractivity contribution in [1.82, 2.24) is 4.57 Å². The van der Waals surface area contributed by atoms with Gasteiger partial charge in [-0.05, 0) is 65.4 Å². The number of thiazole rings is 1. The number of fused-ring (bicyclic) bond motifs is 1. The number of benzene rings is 3. The van der Waals surface area contributed by atoms with Crippen LogP contribution in [0.5, 0.6) is 17.2 Å². The molecular formula is C31H26BrIN2O6S. The highest BCUT2D eigenvalue weighted by atomic mass is 127. The number of carbonyl (C=O) groups is 1. The summed E-state index contributed by atoms with van der Waals surface area (Å²) in [5.41, 5.74) is 2.50. The van der Waals surface area contributed by atoms with Crippen LogP contribution in [0, 0.1) is 3.57 Å². The molecule has 0 amide bonds. The number of nitrogens with zero attached hydrogens (tertiary/aromatic N) is 2. The fraction of sp³-hybridized carbons (Fsp3) is 0.194. The molecule has 2 heterocycles. The van der Waals surface area contributed by atoms with E-state index in [1.807, 2.05) is 48.5 Å². The van der Waals surface area contributed by atoms with Gasteiger partial charge in [0.15, 0.2) is 16.3 Å². The van der Waals surface area contributed by atoms with Crippen LogP contribution in [0.4, 0.5) is 0 Å². The molecule has 0 saturated heterocycles. The summed E-state index contributed by atoms with van der Waals surface area (Å²) in [5.74, 6) is 1.08. The molecule has 0 saturated carbocycles. The Labute approximate surface area is 268 Å². The van der Waals surface area contributed by atoms with E-state index in [0.717, 1.165) is 19.2 Å². The molecule has 0 aliphatic carbocycles. The van der Waals surface area contributed by atoms with Gasteiger partial charge >= 0.3 is 5.97 Å². The average molecular weight is 761 g/mol. The lowest BCUT2D eigenvalue weighted by molar-refractivity contribution is -0.138. The zero-order valence-electron chi connectivity index (χ0n) is 23.1. The van der Waals surface area contributed by atoms with E-state index in [-0.39, 0.29) is 17.7 Å². The molecule has 0 bridgehead atoms. The number of halogens is 2. The largest absolute Gasteiger partial charge is 0.495 e. The van der Waals surface area contributed by atoms with Crippen molar-refractivity contribution >= 4 is 67.6 Å². The van der Waals surface area contributed by atoms with E-state index in [0.29, 0.717) is 37.8 Å². The van der Waals surface area contributed by atoms with Crippen LogP contribution in [-0.4, -0.2) is 38.5 Å². The van der Waals surface area contributed by atoms with Crippen molar-refractivity contribution in [2.75, 3.05) is 27.9 Å². The van der Waals surface area contributed by atoms with Gasteiger partial charge in [0.2, 0.25) is 0 Å². The maximum atomic E-state index is 14.2. The molecule has 0 N–H and O–H groups in total. The van der Waals surface area contributed by atoms with E-state index in [9.17, 15) is 9.59 Å². The molecule has 5 rings (SSSR count). The fourth-order valence-electron chi connectivity index (χ4n) is 4.82. The lowest BCUT2D eigenvalue weighted by Gasteiger charge is -2.26. The summed E-state index contributed by atoms with van der Waals surface area (Å²) in [7, 11) is 4.69. The lowest BCUT2D eigenvalue weighted by atomic mass is 9.93. The van der Waals surface area contributed by atoms with Gasteiger partial charge in [-0.1, -0.05) is 63.7 Å². The number of esters is 1. The molecule has 1 aliphatic heterocycles. The third-order valence-electron chi connectivity index (χ3n) is 6.62. The number of aromatic nitrogens is 1. The summed E-state index contributed by atoms with van der Waals surface area (Å²) in [4.78, 5) is 33.2. The van der Waals surface area contributed by atoms with Crippen molar-refractivity contribution in [2.45, 2.75) is 13.0 Å². The number of hydrogen-bond donors (Lipinski definition) is 0. The first-order valence-electron chi connectivity index (χ1n) is 12.8. The van der Waals surface area contributed by atoms with Crippen molar-refractivity contribution in [3.8, 4) is 17.2 Å². The Balaban J connectivity index is 1.86. The maximum Gasteiger partial charge on any atom is 0.338 e. The Bertz CT molecular complexity index is 1880. The molecule has 8 nitrogen and oxygen atoms in total. The normalized spacial score (nSPS) is 14.7. The summed E-state index contributed by atoms with van der Waals surface area (Å²) in [6, 6.07) is 17.7. The summed E-state index contributed by atoms with van der Waals surface area (Å²) < 4.78 is 26.0. The van der Waals surface area contributed by atoms with Crippen LogP contribution in [0.1, 0.15) is 29.7 Å². The molecule has 0 unspecified atom stereocenters. The minimum atomic E-state index is -0.845. The SMILES string of the molecule is CCOC(=O)C1=C(c2ccccc2)N=c2s/c(=C\c3cc(Br)cc(I)c3OC)c(=O)n2[C@@H]1c1ccc(OC)c(OC)c1. The van der Waals surface area contributed by atoms with Gasteiger partial charge in [0.05, 0.1) is 53.4 Å². The molecule has 216 valence electrons. The van der Waals surface area contributed by atoms with Gasteiger partial charge in [0.25, 0.3) is 5.56 Å². The zero-order valence-corrected chi connectivity index (χ0v) is 27.7. The Morgan fingerprint density at radius 3 is 2.45 bits per heavy atom. The Morgan fingerprint density at radius 1 is 1.05 bits per heavy atom. The minimum absolute atomic E-state index is 0.162. The Morgan fingerprint density at radius 2 is 1.79 bits per heavy atom. The zero-order chi connectivity index (χ0) is 30.0. The van der Waals surface area contributed by atoms with Crippen molar-refractivity contribution in [3.63, 3.8) is 0 Å². The first-order valence-corrected chi connectivity index (χ1v) is 15.5. The van der Waals surface area contributed by atoms with E-state index in [1.165, 1.54) is 18.4 Å². The number of rotatable bonds is 8. The summed E-state index contributed by atoms with van der Waals surface area (Å²) in [6.45, 7) is 1.91. The highest BCUT2D eigenvalue weighted by Crippen LogP contribution is 2.38. The van der Waals surface area contributed by atoms with Crippen molar-refractivity contribution in [1.29, 1.82) is 0 Å². The predicted octanol–water partition coefficient (Wildman–Crippen LogP) is 5.33. The van der Waals surface area contributed by atoms with Crippen LogP contribution in [-0.2, 0) is 9.53 Å². The van der Waals surface area contributed by atoms with Gasteiger partial charge in [0, 0.05) is 15.6 Å². The van der Waals surface area contributed by atoms with Crippen LogP contribution in [0.25, 0.3) is 11.8 Å². The molecule has 1 atom stereocenters. The predicted molar refractivity (Wildman–Crippen MR) is 174 cm³/mol. The second kappa shape index (κ2) is 12.8. The van der Waals surface area contributed by atoms with Gasteiger partial charge in [-0.2, -0.15) is 0 Å². The topological polar surface area (TPSA) is 88.4 Å². The third kappa shape index (κ3) is 5.64. The summed E-state index contributed by atoms with van der Waals surface area (Å²) in [5, 5.41) is 0. The molecule has 0 spiro atoms. The van der Waals surface area contributed by atoms with Gasteiger partial charge in [-0.25, -0.2) is 9.79 Å². The number of carbonyl (C=O) groups excluding carboxylic acids is 1. The average Bonchev–Trinajstić information content (AvgIpc) is 3.30. The van der Waals surface area contributed by atoms with Crippen molar-refractivity contribution in [2.24, 2.45) is 4.99 Å². The summed E-state index contributed by atoms with van der Waals surface area (Å²) >= 11 is 6.98. The van der Waals surface area contributed by atoms with Crippen LogP contribution in [0.15, 0.2) is 80.5 Å². The molecule has 4 aromatic rings. The Kier molecular flexibility index (Phi) is 9.19. The first-order chi connectivity index (χ1) is 20.3. The monoisotopic (exact) mass is 760 g/mol. The second-order valence-corrected chi connectivity index (χ2v) is 12.1. The van der Waals surface area contributed by atoms with Crippen LogP contribution in [0.3, 0.4) is 0 Å². The van der Waals surface area contributed by atoms with Gasteiger partial charge in [-0.15, -0.1) is 0 Å². The van der Waals surface area contributed by atoms with E-state index < -0.39 is 12.0 Å². The van der Waals surface area contributed by atoms with Gasteiger partial charge in [0.1, 0.15) is 5.75 Å². The Hall–Kier alpha value is -3.42. The lowest BCUT2D eigenvalue weighted by Crippen LogP contribution is -2.40. The molecule has 1 aliphatic rings. The second-order valence-electron chi connectivity index (χ2n) is 9.06. The molecule has 0 radical (unpaired) electrons. The molecule has 3 aromatic carbocycles. The van der Waals surface area contributed by atoms with Crippen LogP contribution >= 0.6 is 49.9 Å². The maximum absolute atomic E-state index is 14.2. The van der Waals surface area contributed by atoms with Gasteiger partial charge < -0.3 is 18.9 Å². The number of hydrogen-bond acceptors (Lipinski definition) is 8. The van der Waals surface area contributed by atoms with Crippen molar-refractivity contribution < 1.29 is 23.7 Å². The standard InChI is InChI=1S/C31H26BrIN2O6S/c1-5-41-30(37)25-26(17-9-7-6-8-10-17)34-31-35(27(25)18-11-12-22(38-2)23(14-18)39-3)29(36)24(42-31)15-19-13-20(32)16-21(33)28(19)40-4/h6-16,27H,5H2,1-4H3/b24-15-/t27-/m1/s1. The first kappa shape index (κ1) is 30.1. The molecular weight excluding hydrogens is 735 g/mol. The van der Waals surface area contributed by atoms with E-state index in [2.05, 4.69) is 38.5 Å². The number of ether oxygens (including phenoxy) is 4. The third-order valence-corrected chi connectivity index (χ3v) is 8.87. The van der Waals surface area contributed by atoms with Crippen LogP contribution < -0.4 is 29.1 Å². The number of methoxy groups -OCH3 is 3. The minimum Gasteiger partial charge on any atom is -0.495 e. The van der Waals surface area contributed by atoms with Gasteiger partial charge in [-0.3, -0.25) is 9.36 Å². The summed E-state index contributed by atoms with van der Waals surface area (Å²) in [6.07, 6.45) is 1.79. The van der Waals surface area contributed by atoms with Crippen molar-refractivity contribution in [3.05, 3.63) is 111 Å². The molecule has 11 heteroatoms. The quantitative estimate of drug-likeness (QED) is 0.179. The van der Waals surface area contributed by atoms with E-state index in [1.54, 1.807) is 43.9 Å². The van der Waals surface area contributed by atoms with E-state index >= 15 is 0 Å². The van der Waals surface area contributed by atoms with Crippen LogP contribution in [0.2, 0.25) is 0 Å². The highest BCUT2D eigenvalue weighted by molar-refractivity contribution is 14.1. The fourth-order valence-corrected chi connectivity index (χ4v) is 7.59. The molecule has 1 aromatic heterocycles. The highest BCUT2D eigenvalue weighted by Gasteiger charge is 2.35. The molecule has 42 heavy (non-hydrogen) atoms. The van der Waals surface area contributed by atoms with E-state index in [4.69, 9.17) is 23.9 Å². The molecule has 0 fully saturated rings. The smallest absolute Gasteiger partial charge is 0.338 e.